The van der Waals surface area contributed by atoms with E-state index >= 15 is 0 Å². The molecular formula is C7H10N2O. The van der Waals surface area contributed by atoms with E-state index in [1.807, 2.05) is 6.20 Å². The smallest absolute Gasteiger partial charge is 0.0529 e. The highest BCUT2D eigenvalue weighted by Gasteiger charge is 2.44. The van der Waals surface area contributed by atoms with Crippen molar-refractivity contribution in [1.82, 2.24) is 10.2 Å². The van der Waals surface area contributed by atoms with Gasteiger partial charge in [-0.25, -0.2) is 0 Å². The Morgan fingerprint density at radius 1 is 1.70 bits per heavy atom. The number of aliphatic hydroxyl groups is 1. The average molecular weight is 138 g/mol. The van der Waals surface area contributed by atoms with Gasteiger partial charge in [0, 0.05) is 11.6 Å². The van der Waals surface area contributed by atoms with Gasteiger partial charge in [0.25, 0.3) is 0 Å². The van der Waals surface area contributed by atoms with Crippen molar-refractivity contribution in [1.29, 1.82) is 0 Å². The van der Waals surface area contributed by atoms with Gasteiger partial charge in [0.1, 0.15) is 0 Å². The molecule has 1 fully saturated rings. The van der Waals surface area contributed by atoms with Crippen LogP contribution in [-0.2, 0) is 5.41 Å². The quantitative estimate of drug-likeness (QED) is 0.622. The van der Waals surface area contributed by atoms with E-state index in [1.165, 1.54) is 0 Å². The molecule has 0 radical (unpaired) electrons. The lowest BCUT2D eigenvalue weighted by Crippen LogP contribution is -2.10. The summed E-state index contributed by atoms with van der Waals surface area (Å²) in [5, 5.41) is 15.6. The zero-order valence-corrected chi connectivity index (χ0v) is 5.67. The third kappa shape index (κ3) is 0.671. The summed E-state index contributed by atoms with van der Waals surface area (Å²) >= 11 is 0. The van der Waals surface area contributed by atoms with Crippen LogP contribution in [0.5, 0.6) is 0 Å². The number of nitrogens with one attached hydrogen (secondary N) is 1. The van der Waals surface area contributed by atoms with Crippen LogP contribution in [0.1, 0.15) is 18.4 Å². The minimum Gasteiger partial charge on any atom is -0.395 e. The Bertz CT molecular complexity index is 214. The van der Waals surface area contributed by atoms with Crippen molar-refractivity contribution in [2.75, 3.05) is 6.61 Å². The number of aliphatic hydroxyl groups excluding tert-OH is 1. The Morgan fingerprint density at radius 3 is 2.90 bits per heavy atom. The van der Waals surface area contributed by atoms with Crippen LogP contribution >= 0.6 is 0 Å². The Morgan fingerprint density at radius 2 is 2.50 bits per heavy atom. The fourth-order valence-corrected chi connectivity index (χ4v) is 1.23. The SMILES string of the molecule is OCC1(c2cn[nH]c2)CC1. The van der Waals surface area contributed by atoms with Crippen LogP contribution in [0, 0.1) is 0 Å². The predicted octanol–water partition coefficient (Wildman–Crippen LogP) is 0.434. The van der Waals surface area contributed by atoms with E-state index in [2.05, 4.69) is 10.2 Å². The molecule has 0 bridgehead atoms. The second-order valence-corrected chi connectivity index (χ2v) is 2.93. The first-order valence-corrected chi connectivity index (χ1v) is 3.47. The number of aromatic nitrogens is 2. The summed E-state index contributed by atoms with van der Waals surface area (Å²) < 4.78 is 0. The average Bonchev–Trinajstić information content (AvgIpc) is 2.58. The first-order valence-electron chi connectivity index (χ1n) is 3.47. The monoisotopic (exact) mass is 138 g/mol. The molecule has 10 heavy (non-hydrogen) atoms. The van der Waals surface area contributed by atoms with Crippen molar-refractivity contribution < 1.29 is 5.11 Å². The lowest BCUT2D eigenvalue weighted by atomic mass is 10.0. The van der Waals surface area contributed by atoms with Crippen molar-refractivity contribution in [3.8, 4) is 0 Å². The normalized spacial score (nSPS) is 20.9. The molecule has 2 rings (SSSR count). The second-order valence-electron chi connectivity index (χ2n) is 2.93. The van der Waals surface area contributed by atoms with E-state index in [1.54, 1.807) is 6.20 Å². The Labute approximate surface area is 59.1 Å². The maximum Gasteiger partial charge on any atom is 0.0529 e. The van der Waals surface area contributed by atoms with E-state index in [9.17, 15) is 0 Å². The third-order valence-corrected chi connectivity index (χ3v) is 2.27. The summed E-state index contributed by atoms with van der Waals surface area (Å²) in [5.74, 6) is 0. The number of rotatable bonds is 2. The molecule has 0 aromatic carbocycles. The van der Waals surface area contributed by atoms with Crippen molar-refractivity contribution in [2.45, 2.75) is 18.3 Å². The van der Waals surface area contributed by atoms with E-state index in [4.69, 9.17) is 5.11 Å². The largest absolute Gasteiger partial charge is 0.395 e. The van der Waals surface area contributed by atoms with Crippen LogP contribution < -0.4 is 0 Å². The molecule has 1 heterocycles. The summed E-state index contributed by atoms with van der Waals surface area (Å²) in [7, 11) is 0. The van der Waals surface area contributed by atoms with Gasteiger partial charge in [0.2, 0.25) is 0 Å². The lowest BCUT2D eigenvalue weighted by Gasteiger charge is -2.06. The van der Waals surface area contributed by atoms with Crippen LogP contribution in [0.3, 0.4) is 0 Å². The highest BCUT2D eigenvalue weighted by atomic mass is 16.3. The minimum absolute atomic E-state index is 0.0764. The molecule has 0 unspecified atom stereocenters. The highest BCUT2D eigenvalue weighted by molar-refractivity contribution is 5.26. The molecule has 3 nitrogen and oxygen atoms in total. The fourth-order valence-electron chi connectivity index (χ4n) is 1.23. The Kier molecular flexibility index (Phi) is 1.08. The number of nitrogens with zero attached hydrogens (tertiary/aromatic N) is 1. The summed E-state index contributed by atoms with van der Waals surface area (Å²) in [4.78, 5) is 0. The van der Waals surface area contributed by atoms with Gasteiger partial charge >= 0.3 is 0 Å². The molecule has 2 N–H and O–H groups in total. The number of aromatic amines is 1. The van der Waals surface area contributed by atoms with Crippen LogP contribution in [0.2, 0.25) is 0 Å². The van der Waals surface area contributed by atoms with E-state index in [0.717, 1.165) is 18.4 Å². The molecule has 0 atom stereocenters. The fraction of sp³-hybridized carbons (Fsp3) is 0.571. The van der Waals surface area contributed by atoms with Crippen LogP contribution in [0.15, 0.2) is 12.4 Å². The number of H-pyrrole nitrogens is 1. The van der Waals surface area contributed by atoms with Gasteiger partial charge in [-0.15, -0.1) is 0 Å². The zero-order chi connectivity index (χ0) is 7.03. The Hall–Kier alpha value is -0.830. The molecule has 1 aliphatic carbocycles. The molecule has 1 saturated carbocycles. The molecule has 0 aliphatic heterocycles. The first-order chi connectivity index (χ1) is 4.87. The van der Waals surface area contributed by atoms with Gasteiger partial charge in [-0.3, -0.25) is 5.10 Å². The van der Waals surface area contributed by atoms with Crippen molar-refractivity contribution in [2.24, 2.45) is 0 Å². The zero-order valence-electron chi connectivity index (χ0n) is 5.67. The summed E-state index contributed by atoms with van der Waals surface area (Å²) in [6, 6.07) is 0. The minimum atomic E-state index is 0.0764. The summed E-state index contributed by atoms with van der Waals surface area (Å²) in [5.41, 5.74) is 1.22. The first kappa shape index (κ1) is 5.92. The summed E-state index contributed by atoms with van der Waals surface area (Å²) in [6.45, 7) is 0.256. The van der Waals surface area contributed by atoms with Gasteiger partial charge < -0.3 is 5.11 Å². The van der Waals surface area contributed by atoms with Crippen LogP contribution in [0.4, 0.5) is 0 Å². The van der Waals surface area contributed by atoms with Crippen molar-refractivity contribution in [3.05, 3.63) is 18.0 Å². The molecule has 0 amide bonds. The van der Waals surface area contributed by atoms with Crippen molar-refractivity contribution in [3.63, 3.8) is 0 Å². The molecule has 1 aromatic heterocycles. The van der Waals surface area contributed by atoms with E-state index in [0.29, 0.717) is 0 Å². The van der Waals surface area contributed by atoms with Gasteiger partial charge in [-0.1, -0.05) is 0 Å². The second kappa shape index (κ2) is 1.83. The van der Waals surface area contributed by atoms with Crippen LogP contribution in [-0.4, -0.2) is 21.9 Å². The maximum atomic E-state index is 8.99. The molecule has 1 aromatic rings. The standard InChI is InChI=1S/C7H10N2O/c10-5-7(1-2-7)6-3-8-9-4-6/h3-4,10H,1-2,5H2,(H,8,9). The van der Waals surface area contributed by atoms with E-state index < -0.39 is 0 Å². The predicted molar refractivity (Wildman–Crippen MR) is 36.6 cm³/mol. The van der Waals surface area contributed by atoms with Gasteiger partial charge in [-0.05, 0) is 18.4 Å². The van der Waals surface area contributed by atoms with Crippen LogP contribution in [0.25, 0.3) is 0 Å². The molecule has 0 saturated heterocycles. The molecule has 1 aliphatic rings. The molecule has 54 valence electrons. The van der Waals surface area contributed by atoms with Gasteiger partial charge in [0.05, 0.1) is 12.8 Å². The number of hydrogen-bond donors (Lipinski definition) is 2. The molecule has 3 heteroatoms. The van der Waals surface area contributed by atoms with Gasteiger partial charge in [-0.2, -0.15) is 5.10 Å². The third-order valence-electron chi connectivity index (χ3n) is 2.27. The molecular weight excluding hydrogens is 128 g/mol. The Balaban J connectivity index is 2.27. The molecule has 0 spiro atoms. The van der Waals surface area contributed by atoms with Gasteiger partial charge in [0.15, 0.2) is 0 Å². The maximum absolute atomic E-state index is 8.99. The summed E-state index contributed by atoms with van der Waals surface area (Å²) in [6.07, 6.45) is 5.86. The van der Waals surface area contributed by atoms with Crippen molar-refractivity contribution >= 4 is 0 Å². The topological polar surface area (TPSA) is 48.9 Å². The lowest BCUT2D eigenvalue weighted by molar-refractivity contribution is 0.255. The van der Waals surface area contributed by atoms with E-state index in [-0.39, 0.29) is 12.0 Å². The number of hydrogen-bond acceptors (Lipinski definition) is 2. The highest BCUT2D eigenvalue weighted by Crippen LogP contribution is 2.47.